The molecular weight excluding hydrogens is 300 g/mol. The van der Waals surface area contributed by atoms with Crippen LogP contribution >= 0.6 is 11.3 Å². The highest BCUT2D eigenvalue weighted by Gasteiger charge is 2.42. The fourth-order valence-electron chi connectivity index (χ4n) is 3.83. The van der Waals surface area contributed by atoms with E-state index in [1.807, 2.05) is 11.8 Å². The van der Waals surface area contributed by atoms with Gasteiger partial charge in [0.2, 0.25) is 5.91 Å². The average molecular weight is 322 g/mol. The number of aryl methyl sites for hydroxylation is 2. The second-order valence-corrected chi connectivity index (χ2v) is 7.76. The number of carbonyl (C=O) groups is 1. The number of ether oxygens (including phenoxy) is 2. The summed E-state index contributed by atoms with van der Waals surface area (Å²) in [5.74, 6) is 0.0436. The number of hydrogen-bond acceptors (Lipinski definition) is 5. The highest BCUT2D eigenvalue weighted by atomic mass is 32.1. The summed E-state index contributed by atoms with van der Waals surface area (Å²) < 4.78 is 11.5. The van der Waals surface area contributed by atoms with Crippen LogP contribution in [0.3, 0.4) is 0 Å². The second-order valence-electron chi connectivity index (χ2n) is 6.48. The number of nitrogens with zero attached hydrogens (tertiary/aromatic N) is 2. The van der Waals surface area contributed by atoms with Gasteiger partial charge in [-0.3, -0.25) is 4.79 Å². The van der Waals surface area contributed by atoms with Gasteiger partial charge < -0.3 is 14.4 Å². The lowest BCUT2D eigenvalue weighted by atomic mass is 9.89. The van der Waals surface area contributed by atoms with Gasteiger partial charge in [0.1, 0.15) is 0 Å². The van der Waals surface area contributed by atoms with Gasteiger partial charge in [-0.2, -0.15) is 0 Å². The molecule has 1 unspecified atom stereocenters. The first-order chi connectivity index (χ1) is 10.7. The Bertz CT molecular complexity index is 570. The normalized spacial score (nSPS) is 27.1. The number of hydrogen-bond donors (Lipinski definition) is 0. The molecule has 5 nitrogen and oxygen atoms in total. The van der Waals surface area contributed by atoms with E-state index in [1.54, 1.807) is 11.3 Å². The zero-order valence-electron chi connectivity index (χ0n) is 13.0. The number of likely N-dealkylation sites (tertiary alicyclic amines) is 1. The van der Waals surface area contributed by atoms with E-state index in [0.29, 0.717) is 19.1 Å². The van der Waals surface area contributed by atoms with Crippen LogP contribution in [-0.2, 0) is 27.1 Å². The Morgan fingerprint density at radius 1 is 1.32 bits per heavy atom. The van der Waals surface area contributed by atoms with Crippen LogP contribution in [0.15, 0.2) is 0 Å². The zero-order valence-corrected chi connectivity index (χ0v) is 13.8. The van der Waals surface area contributed by atoms with Crippen LogP contribution < -0.4 is 0 Å². The Labute approximate surface area is 134 Å². The fourth-order valence-corrected chi connectivity index (χ4v) is 4.89. The maximum absolute atomic E-state index is 12.8. The molecule has 2 fully saturated rings. The Balaban J connectivity index is 1.39. The molecule has 1 aromatic rings. The first-order valence-electron chi connectivity index (χ1n) is 8.17. The van der Waals surface area contributed by atoms with Crippen molar-refractivity contribution in [1.29, 1.82) is 0 Å². The molecule has 22 heavy (non-hydrogen) atoms. The van der Waals surface area contributed by atoms with Crippen molar-refractivity contribution in [2.75, 3.05) is 26.3 Å². The smallest absolute Gasteiger partial charge is 0.226 e. The van der Waals surface area contributed by atoms with Gasteiger partial charge in [-0.05, 0) is 26.2 Å². The molecule has 0 saturated carbocycles. The molecule has 4 rings (SSSR count). The number of aromatic nitrogens is 1. The monoisotopic (exact) mass is 322 g/mol. The molecule has 2 aliphatic heterocycles. The Hall–Kier alpha value is -0.980. The van der Waals surface area contributed by atoms with Crippen molar-refractivity contribution in [3.05, 3.63) is 15.6 Å². The summed E-state index contributed by atoms with van der Waals surface area (Å²) in [4.78, 5) is 20.7. The lowest BCUT2D eigenvalue weighted by molar-refractivity contribution is -0.188. The summed E-state index contributed by atoms with van der Waals surface area (Å²) in [7, 11) is 0. The van der Waals surface area contributed by atoms with E-state index in [-0.39, 0.29) is 5.92 Å². The van der Waals surface area contributed by atoms with Gasteiger partial charge in [-0.15, -0.1) is 11.3 Å². The first-order valence-corrected chi connectivity index (χ1v) is 8.99. The SMILES string of the molecule is Cc1nc2c(s1)CC(C(=O)N1CCC3(CC1)OCCO3)CC2. The van der Waals surface area contributed by atoms with Crippen LogP contribution in [0, 0.1) is 12.8 Å². The molecule has 120 valence electrons. The number of rotatable bonds is 1. The second kappa shape index (κ2) is 5.58. The molecular formula is C16H22N2O3S. The molecule has 3 heterocycles. The summed E-state index contributed by atoms with van der Waals surface area (Å²) in [6.07, 6.45) is 4.35. The largest absolute Gasteiger partial charge is 0.347 e. The summed E-state index contributed by atoms with van der Waals surface area (Å²) >= 11 is 1.75. The molecule has 2 saturated heterocycles. The van der Waals surface area contributed by atoms with Crippen LogP contribution in [0.2, 0.25) is 0 Å². The van der Waals surface area contributed by atoms with Crippen molar-refractivity contribution in [3.63, 3.8) is 0 Å². The van der Waals surface area contributed by atoms with E-state index >= 15 is 0 Å². The molecule has 1 atom stereocenters. The van der Waals surface area contributed by atoms with E-state index in [1.165, 1.54) is 10.6 Å². The first kappa shape index (κ1) is 14.6. The maximum Gasteiger partial charge on any atom is 0.226 e. The third-order valence-electron chi connectivity index (χ3n) is 5.05. The predicted octanol–water partition coefficient (Wildman–Crippen LogP) is 1.92. The lowest BCUT2D eigenvalue weighted by Gasteiger charge is -2.39. The lowest BCUT2D eigenvalue weighted by Crippen LogP contribution is -2.49. The number of piperidine rings is 1. The molecule has 0 radical (unpaired) electrons. The van der Waals surface area contributed by atoms with Gasteiger partial charge >= 0.3 is 0 Å². The summed E-state index contributed by atoms with van der Waals surface area (Å²) in [6, 6.07) is 0. The molecule has 0 N–H and O–H groups in total. The minimum Gasteiger partial charge on any atom is -0.347 e. The molecule has 1 spiro atoms. The van der Waals surface area contributed by atoms with Crippen LogP contribution in [0.4, 0.5) is 0 Å². The van der Waals surface area contributed by atoms with Gasteiger partial charge in [0.05, 0.1) is 23.9 Å². The van der Waals surface area contributed by atoms with Crippen molar-refractivity contribution in [2.24, 2.45) is 5.92 Å². The molecule has 0 aromatic carbocycles. The van der Waals surface area contributed by atoms with Gasteiger partial charge in [0.25, 0.3) is 0 Å². The van der Waals surface area contributed by atoms with Crippen molar-refractivity contribution >= 4 is 17.2 Å². The van der Waals surface area contributed by atoms with Crippen LogP contribution in [-0.4, -0.2) is 47.9 Å². The summed E-state index contributed by atoms with van der Waals surface area (Å²) in [6.45, 7) is 4.92. The van der Waals surface area contributed by atoms with Crippen molar-refractivity contribution in [1.82, 2.24) is 9.88 Å². The van der Waals surface area contributed by atoms with Gasteiger partial charge in [0.15, 0.2) is 5.79 Å². The quantitative estimate of drug-likeness (QED) is 0.793. The van der Waals surface area contributed by atoms with Crippen LogP contribution in [0.1, 0.15) is 34.8 Å². The number of carbonyl (C=O) groups excluding carboxylic acids is 1. The Morgan fingerprint density at radius 3 is 2.77 bits per heavy atom. The highest BCUT2D eigenvalue weighted by Crippen LogP contribution is 2.34. The van der Waals surface area contributed by atoms with E-state index in [2.05, 4.69) is 4.98 Å². The van der Waals surface area contributed by atoms with E-state index in [4.69, 9.17) is 9.47 Å². The Morgan fingerprint density at radius 2 is 2.05 bits per heavy atom. The van der Waals surface area contributed by atoms with Crippen molar-refractivity contribution in [3.8, 4) is 0 Å². The Kier molecular flexibility index (Phi) is 3.71. The van der Waals surface area contributed by atoms with Crippen LogP contribution in [0.5, 0.6) is 0 Å². The fraction of sp³-hybridized carbons (Fsp3) is 0.750. The number of thiazole rings is 1. The van der Waals surface area contributed by atoms with Gasteiger partial charge in [-0.1, -0.05) is 0 Å². The van der Waals surface area contributed by atoms with E-state index in [0.717, 1.165) is 50.2 Å². The van der Waals surface area contributed by atoms with E-state index in [9.17, 15) is 4.79 Å². The van der Waals surface area contributed by atoms with Gasteiger partial charge in [-0.25, -0.2) is 4.98 Å². The molecule has 1 aromatic heterocycles. The third kappa shape index (κ3) is 2.57. The minimum absolute atomic E-state index is 0.131. The van der Waals surface area contributed by atoms with Crippen molar-refractivity contribution in [2.45, 2.75) is 44.8 Å². The van der Waals surface area contributed by atoms with Crippen LogP contribution in [0.25, 0.3) is 0 Å². The zero-order chi connectivity index (χ0) is 15.2. The molecule has 1 aliphatic carbocycles. The molecule has 0 bridgehead atoms. The molecule has 1 amide bonds. The highest BCUT2D eigenvalue weighted by molar-refractivity contribution is 7.11. The maximum atomic E-state index is 12.8. The van der Waals surface area contributed by atoms with Gasteiger partial charge in [0, 0.05) is 36.7 Å². The standard InChI is InChI=1S/C16H22N2O3S/c1-11-17-13-3-2-12(10-14(13)22-11)15(19)18-6-4-16(5-7-18)20-8-9-21-16/h12H,2-10H2,1H3. The molecule has 3 aliphatic rings. The molecule has 6 heteroatoms. The minimum atomic E-state index is -0.398. The predicted molar refractivity (Wildman–Crippen MR) is 82.8 cm³/mol. The number of amides is 1. The summed E-state index contributed by atoms with van der Waals surface area (Å²) in [5, 5.41) is 1.12. The third-order valence-corrected chi connectivity index (χ3v) is 6.08. The van der Waals surface area contributed by atoms with Crippen molar-refractivity contribution < 1.29 is 14.3 Å². The number of fused-ring (bicyclic) bond motifs is 1. The topological polar surface area (TPSA) is 51.7 Å². The average Bonchev–Trinajstić information content (AvgIpc) is 3.12. The van der Waals surface area contributed by atoms with E-state index < -0.39 is 5.79 Å². The summed E-state index contributed by atoms with van der Waals surface area (Å²) in [5.41, 5.74) is 1.22.